The second-order valence-electron chi connectivity index (χ2n) is 9.86. The minimum atomic E-state index is -0.440. The normalized spacial score (nSPS) is 19.9. The molecule has 0 unspecified atom stereocenters. The number of rotatable bonds is 6. The molecule has 2 atom stereocenters. The maximum absolute atomic E-state index is 12.8. The largest absolute Gasteiger partial charge is 0.486 e. The first-order valence-electron chi connectivity index (χ1n) is 11.7. The van der Waals surface area contributed by atoms with E-state index in [2.05, 4.69) is 27.3 Å². The molecule has 32 heavy (non-hydrogen) atoms. The van der Waals surface area contributed by atoms with Crippen molar-refractivity contribution in [2.75, 3.05) is 19.8 Å². The van der Waals surface area contributed by atoms with E-state index < -0.39 is 5.41 Å². The number of ether oxygens (including phenoxy) is 2. The maximum atomic E-state index is 12.8. The molecule has 2 aliphatic rings. The van der Waals surface area contributed by atoms with Gasteiger partial charge < -0.3 is 14.8 Å². The van der Waals surface area contributed by atoms with Crippen molar-refractivity contribution in [2.24, 2.45) is 5.41 Å². The molecule has 0 bridgehead atoms. The molecule has 3 heterocycles. The van der Waals surface area contributed by atoms with Crippen molar-refractivity contribution >= 4 is 5.91 Å². The van der Waals surface area contributed by atoms with E-state index in [-0.39, 0.29) is 11.9 Å². The van der Waals surface area contributed by atoms with Crippen LogP contribution in [0.15, 0.2) is 42.6 Å². The zero-order chi connectivity index (χ0) is 22.6. The number of hydrogen-bond acceptors (Lipinski definition) is 5. The average Bonchev–Trinajstić information content (AvgIpc) is 2.79. The van der Waals surface area contributed by atoms with Crippen LogP contribution in [0.2, 0.25) is 0 Å². The topological polar surface area (TPSA) is 63.7 Å². The number of likely N-dealkylation sites (tertiary alicyclic amines) is 1. The van der Waals surface area contributed by atoms with Crippen LogP contribution in [-0.4, -0.2) is 41.6 Å². The van der Waals surface area contributed by atoms with Gasteiger partial charge in [0.05, 0.1) is 11.7 Å². The number of fused-ring (bicyclic) bond motifs is 1. The summed E-state index contributed by atoms with van der Waals surface area (Å²) in [7, 11) is 0. The lowest BCUT2D eigenvalue weighted by molar-refractivity contribution is -0.129. The minimum Gasteiger partial charge on any atom is -0.486 e. The lowest BCUT2D eigenvalue weighted by Crippen LogP contribution is -2.44. The van der Waals surface area contributed by atoms with Gasteiger partial charge in [0.15, 0.2) is 11.5 Å². The molecule has 0 aliphatic carbocycles. The van der Waals surface area contributed by atoms with Gasteiger partial charge in [0, 0.05) is 24.2 Å². The highest BCUT2D eigenvalue weighted by atomic mass is 16.6. The summed E-state index contributed by atoms with van der Waals surface area (Å²) in [5, 5.41) is 3.28. The molecule has 1 aromatic heterocycles. The summed E-state index contributed by atoms with van der Waals surface area (Å²) in [5.74, 6) is 1.73. The summed E-state index contributed by atoms with van der Waals surface area (Å²) in [4.78, 5) is 19.9. The quantitative estimate of drug-likeness (QED) is 0.721. The summed E-state index contributed by atoms with van der Waals surface area (Å²) in [6, 6.07) is 12.5. The first kappa shape index (κ1) is 22.6. The number of nitrogens with zero attached hydrogens (tertiary/aromatic N) is 2. The fourth-order valence-corrected chi connectivity index (χ4v) is 4.44. The number of nitrogens with one attached hydrogen (secondary N) is 1. The number of amides is 1. The molecule has 6 heteroatoms. The molecule has 4 rings (SSSR count). The molecular formula is C26H35N3O3. The zero-order valence-corrected chi connectivity index (χ0v) is 19.5. The summed E-state index contributed by atoms with van der Waals surface area (Å²) in [6.45, 7) is 8.98. The number of piperidine rings is 1. The highest BCUT2D eigenvalue weighted by Crippen LogP contribution is 2.33. The fraction of sp³-hybridized carbons (Fsp3) is 0.538. The molecule has 6 nitrogen and oxygen atoms in total. The van der Waals surface area contributed by atoms with Crippen molar-refractivity contribution in [1.29, 1.82) is 0 Å². The smallest absolute Gasteiger partial charge is 0.225 e. The van der Waals surface area contributed by atoms with Crippen molar-refractivity contribution < 1.29 is 14.3 Å². The van der Waals surface area contributed by atoms with Gasteiger partial charge >= 0.3 is 0 Å². The Labute approximate surface area is 191 Å². The van der Waals surface area contributed by atoms with Crippen LogP contribution in [0.1, 0.15) is 63.8 Å². The third-order valence-electron chi connectivity index (χ3n) is 6.28. The van der Waals surface area contributed by atoms with Gasteiger partial charge in [0.1, 0.15) is 13.2 Å². The predicted molar refractivity (Wildman–Crippen MR) is 125 cm³/mol. The van der Waals surface area contributed by atoms with Gasteiger partial charge in [-0.3, -0.25) is 14.7 Å². The van der Waals surface area contributed by atoms with Gasteiger partial charge in [0.2, 0.25) is 5.91 Å². The van der Waals surface area contributed by atoms with E-state index in [4.69, 9.17) is 9.47 Å². The van der Waals surface area contributed by atoms with E-state index in [1.54, 1.807) is 6.20 Å². The molecule has 1 amide bonds. The van der Waals surface area contributed by atoms with Crippen LogP contribution in [0.3, 0.4) is 0 Å². The highest BCUT2D eigenvalue weighted by molar-refractivity contribution is 5.81. The zero-order valence-electron chi connectivity index (χ0n) is 19.5. The molecule has 1 N–H and O–H groups in total. The Morgan fingerprint density at radius 3 is 2.72 bits per heavy atom. The highest BCUT2D eigenvalue weighted by Gasteiger charge is 2.30. The van der Waals surface area contributed by atoms with Crippen molar-refractivity contribution in [2.45, 2.75) is 65.1 Å². The number of carbonyl (C=O) groups excluding carboxylic acids is 1. The number of hydrogen-bond donors (Lipinski definition) is 1. The molecule has 0 radical (unpaired) electrons. The van der Waals surface area contributed by atoms with Crippen LogP contribution in [-0.2, 0) is 11.3 Å². The summed E-state index contributed by atoms with van der Waals surface area (Å²) >= 11 is 0. The number of benzene rings is 1. The van der Waals surface area contributed by atoms with Crippen LogP contribution in [0.25, 0.3) is 0 Å². The third-order valence-corrected chi connectivity index (χ3v) is 6.28. The molecule has 1 fully saturated rings. The molecular weight excluding hydrogens is 402 g/mol. The molecule has 172 valence electrons. The number of pyridine rings is 1. The molecule has 1 saturated heterocycles. The Balaban J connectivity index is 1.50. The van der Waals surface area contributed by atoms with Crippen molar-refractivity contribution in [3.8, 4) is 11.5 Å². The van der Waals surface area contributed by atoms with E-state index in [9.17, 15) is 4.79 Å². The molecule has 0 saturated carbocycles. The second kappa shape index (κ2) is 9.90. The van der Waals surface area contributed by atoms with E-state index in [0.29, 0.717) is 19.3 Å². The minimum absolute atomic E-state index is 0.0577. The predicted octanol–water partition coefficient (Wildman–Crippen LogP) is 4.50. The van der Waals surface area contributed by atoms with Gasteiger partial charge in [-0.1, -0.05) is 39.3 Å². The van der Waals surface area contributed by atoms with Crippen molar-refractivity contribution in [3.63, 3.8) is 0 Å². The van der Waals surface area contributed by atoms with Crippen LogP contribution >= 0.6 is 0 Å². The monoisotopic (exact) mass is 437 g/mol. The van der Waals surface area contributed by atoms with Crippen LogP contribution in [0.4, 0.5) is 0 Å². The van der Waals surface area contributed by atoms with Gasteiger partial charge in [-0.05, 0) is 55.6 Å². The van der Waals surface area contributed by atoms with Gasteiger partial charge in [-0.15, -0.1) is 0 Å². The van der Waals surface area contributed by atoms with Crippen molar-refractivity contribution in [3.05, 3.63) is 53.9 Å². The number of carbonyl (C=O) groups is 1. The number of aromatic nitrogens is 1. The average molecular weight is 438 g/mol. The summed E-state index contributed by atoms with van der Waals surface area (Å²) in [6.07, 6.45) is 6.19. The van der Waals surface area contributed by atoms with Crippen molar-refractivity contribution in [1.82, 2.24) is 15.2 Å². The fourth-order valence-electron chi connectivity index (χ4n) is 4.44. The lowest BCUT2D eigenvalue weighted by Gasteiger charge is -2.38. The molecule has 2 aromatic rings. The molecule has 1 aromatic carbocycles. The van der Waals surface area contributed by atoms with Gasteiger partial charge in [0.25, 0.3) is 0 Å². The second-order valence-corrected chi connectivity index (χ2v) is 9.86. The Bertz CT molecular complexity index is 910. The van der Waals surface area contributed by atoms with E-state index in [1.807, 2.05) is 45.0 Å². The van der Waals surface area contributed by atoms with E-state index in [1.165, 1.54) is 18.4 Å². The van der Waals surface area contributed by atoms with Gasteiger partial charge in [-0.25, -0.2) is 0 Å². The first-order valence-corrected chi connectivity index (χ1v) is 11.7. The maximum Gasteiger partial charge on any atom is 0.225 e. The Kier molecular flexibility index (Phi) is 6.99. The van der Waals surface area contributed by atoms with Crippen LogP contribution in [0, 0.1) is 5.41 Å². The Morgan fingerprint density at radius 1 is 1.16 bits per heavy atom. The van der Waals surface area contributed by atoms with Gasteiger partial charge in [-0.2, -0.15) is 0 Å². The Hall–Kier alpha value is -2.60. The van der Waals surface area contributed by atoms with E-state index in [0.717, 1.165) is 43.1 Å². The third kappa shape index (κ3) is 5.60. The summed E-state index contributed by atoms with van der Waals surface area (Å²) in [5.41, 5.74) is 1.72. The Morgan fingerprint density at radius 2 is 1.97 bits per heavy atom. The SMILES string of the molecule is CC(C)(C)C(=O)N[C@@H](C[C@H]1CCCCN1Cc1ccc2c(c1)OCCO2)c1ccccn1. The standard InChI is InChI=1S/C26H35N3O3/c1-26(2,3)25(30)28-22(21-9-4-6-12-27-21)17-20-8-5-7-13-29(20)18-19-10-11-23-24(16-19)32-15-14-31-23/h4,6,9-12,16,20,22H,5,7-8,13-15,17-18H2,1-3H3,(H,28,30)/t20-,22+/m1/s1. The molecule has 2 aliphatic heterocycles. The van der Waals surface area contributed by atoms with Crippen LogP contribution < -0.4 is 14.8 Å². The molecule has 0 spiro atoms. The lowest BCUT2D eigenvalue weighted by atomic mass is 9.91. The summed E-state index contributed by atoms with van der Waals surface area (Å²) < 4.78 is 11.4. The van der Waals surface area contributed by atoms with E-state index >= 15 is 0 Å². The first-order chi connectivity index (χ1) is 15.4. The van der Waals surface area contributed by atoms with Crippen LogP contribution in [0.5, 0.6) is 11.5 Å².